The molecule has 4 rings (SSSR count). The summed E-state index contributed by atoms with van der Waals surface area (Å²) in [6.07, 6.45) is 0. The fourth-order valence-electron chi connectivity index (χ4n) is 3.04. The van der Waals surface area contributed by atoms with E-state index in [0.29, 0.717) is 11.0 Å². The van der Waals surface area contributed by atoms with Crippen LogP contribution in [0.2, 0.25) is 0 Å². The highest BCUT2D eigenvalue weighted by atomic mass is 79.9. The van der Waals surface area contributed by atoms with E-state index in [0.717, 1.165) is 27.3 Å². The summed E-state index contributed by atoms with van der Waals surface area (Å²) in [5.41, 5.74) is 3.46. The molecule has 0 saturated carbocycles. The zero-order chi connectivity index (χ0) is 16.7. The molecule has 2 N–H and O–H groups in total. The van der Waals surface area contributed by atoms with Crippen molar-refractivity contribution in [2.45, 2.75) is 5.92 Å². The largest absolute Gasteiger partial charge is 0.507 e. The van der Waals surface area contributed by atoms with Gasteiger partial charge in [-0.05, 0) is 39.2 Å². The number of phenols is 1. The second-order valence-corrected chi connectivity index (χ2v) is 7.46. The van der Waals surface area contributed by atoms with E-state index in [-0.39, 0.29) is 17.5 Å². The van der Waals surface area contributed by atoms with Gasteiger partial charge in [0.2, 0.25) is 0 Å². The quantitative estimate of drug-likeness (QED) is 0.616. The first-order valence-electron chi connectivity index (χ1n) is 7.58. The molecule has 1 aliphatic rings. The number of hydrogen-bond acceptors (Lipinski definition) is 4. The van der Waals surface area contributed by atoms with Crippen molar-refractivity contribution in [3.8, 4) is 16.9 Å². The summed E-state index contributed by atoms with van der Waals surface area (Å²) in [5, 5.41) is 16.2. The number of carbonyl (C=O) groups excluding carboxylic acids is 1. The Morgan fingerprint density at radius 2 is 1.96 bits per heavy atom. The van der Waals surface area contributed by atoms with Crippen molar-refractivity contribution in [3.63, 3.8) is 0 Å². The number of fused-ring (bicyclic) bond motifs is 1. The lowest BCUT2D eigenvalue weighted by molar-refractivity contribution is 0.0961. The average Bonchev–Trinajstić information content (AvgIpc) is 3.03. The molecule has 24 heavy (non-hydrogen) atoms. The van der Waals surface area contributed by atoms with Gasteiger partial charge in [-0.15, -0.1) is 11.3 Å². The third-order valence-electron chi connectivity index (χ3n) is 4.28. The molecule has 1 unspecified atom stereocenters. The molecule has 3 nitrogen and oxygen atoms in total. The first kappa shape index (κ1) is 15.4. The summed E-state index contributed by atoms with van der Waals surface area (Å²) >= 11 is 4.83. The summed E-state index contributed by atoms with van der Waals surface area (Å²) in [5.74, 6) is 0.119. The number of thiophene rings is 1. The highest BCUT2D eigenvalue weighted by Crippen LogP contribution is 2.42. The van der Waals surface area contributed by atoms with Crippen LogP contribution >= 0.6 is 27.3 Å². The Hall–Kier alpha value is -2.11. The molecule has 0 bridgehead atoms. The van der Waals surface area contributed by atoms with Crippen molar-refractivity contribution in [2.24, 2.45) is 0 Å². The van der Waals surface area contributed by atoms with E-state index in [1.807, 2.05) is 41.8 Å². The predicted molar refractivity (Wildman–Crippen MR) is 101 cm³/mol. The van der Waals surface area contributed by atoms with Gasteiger partial charge in [0, 0.05) is 17.5 Å². The van der Waals surface area contributed by atoms with Gasteiger partial charge in [0.1, 0.15) is 5.75 Å². The van der Waals surface area contributed by atoms with E-state index >= 15 is 0 Å². The number of phenolic OH excluding ortho intramolecular Hbond substituents is 1. The first-order chi connectivity index (χ1) is 11.6. The number of ketones is 1. The summed E-state index contributed by atoms with van der Waals surface area (Å²) in [7, 11) is 0. The molecule has 0 spiro atoms. The standard InChI is InChI=1S/C19H14BrNO2S/c20-15-7-6-12(8-16(15)22)14-10-24-19-17(14)18(23)13(9-21-19)11-4-2-1-3-5-11/h1-8,10,13,21-22H,9H2. The van der Waals surface area contributed by atoms with E-state index in [9.17, 15) is 9.90 Å². The highest BCUT2D eigenvalue weighted by Gasteiger charge is 2.32. The van der Waals surface area contributed by atoms with Gasteiger partial charge in [0.05, 0.1) is 21.0 Å². The van der Waals surface area contributed by atoms with Crippen LogP contribution in [0.5, 0.6) is 5.75 Å². The lowest BCUT2D eigenvalue weighted by Gasteiger charge is -2.24. The summed E-state index contributed by atoms with van der Waals surface area (Å²) in [4.78, 5) is 13.1. The molecule has 1 aliphatic heterocycles. The Morgan fingerprint density at radius 1 is 1.17 bits per heavy atom. The van der Waals surface area contributed by atoms with Crippen LogP contribution in [-0.2, 0) is 0 Å². The highest BCUT2D eigenvalue weighted by molar-refractivity contribution is 9.10. The van der Waals surface area contributed by atoms with Gasteiger partial charge >= 0.3 is 0 Å². The Bertz CT molecular complexity index is 920. The average molecular weight is 400 g/mol. The molecule has 1 aromatic heterocycles. The lowest BCUT2D eigenvalue weighted by atomic mass is 9.86. The Balaban J connectivity index is 1.79. The molecule has 5 heteroatoms. The minimum Gasteiger partial charge on any atom is -0.507 e. The first-order valence-corrected chi connectivity index (χ1v) is 9.26. The molecule has 2 heterocycles. The van der Waals surface area contributed by atoms with Crippen molar-refractivity contribution in [2.75, 3.05) is 11.9 Å². The summed E-state index contributed by atoms with van der Waals surface area (Å²) < 4.78 is 0.641. The maximum absolute atomic E-state index is 13.1. The van der Waals surface area contributed by atoms with Crippen LogP contribution in [0.3, 0.4) is 0 Å². The number of Topliss-reactive ketones (excluding diaryl/α,β-unsaturated/α-hetero) is 1. The number of halogens is 1. The number of hydrogen-bond donors (Lipinski definition) is 2. The van der Waals surface area contributed by atoms with Crippen LogP contribution in [0.1, 0.15) is 21.8 Å². The van der Waals surface area contributed by atoms with Gasteiger partial charge in [-0.25, -0.2) is 0 Å². The van der Waals surface area contributed by atoms with Crippen LogP contribution in [0.25, 0.3) is 11.1 Å². The second-order valence-electron chi connectivity index (χ2n) is 5.73. The van der Waals surface area contributed by atoms with Gasteiger partial charge < -0.3 is 10.4 Å². The predicted octanol–water partition coefficient (Wildman–Crippen LogP) is 5.28. The van der Waals surface area contributed by atoms with Crippen molar-refractivity contribution >= 4 is 38.1 Å². The molecule has 2 aromatic carbocycles. The molecule has 0 saturated heterocycles. The van der Waals surface area contributed by atoms with Crippen LogP contribution in [0.4, 0.5) is 5.00 Å². The van der Waals surface area contributed by atoms with Crippen molar-refractivity contribution in [3.05, 3.63) is 69.5 Å². The summed E-state index contributed by atoms with van der Waals surface area (Å²) in [6.45, 7) is 0.612. The normalized spacial score (nSPS) is 16.5. The van der Waals surface area contributed by atoms with Crippen molar-refractivity contribution in [1.82, 2.24) is 0 Å². The molecule has 120 valence electrons. The molecule has 0 radical (unpaired) electrons. The van der Waals surface area contributed by atoms with Crippen LogP contribution in [-0.4, -0.2) is 17.4 Å². The van der Waals surface area contributed by atoms with Crippen molar-refractivity contribution in [1.29, 1.82) is 0 Å². The fourth-order valence-corrected chi connectivity index (χ4v) is 4.27. The number of benzene rings is 2. The second kappa shape index (κ2) is 6.07. The smallest absolute Gasteiger partial charge is 0.175 e. The molecule has 0 aliphatic carbocycles. The van der Waals surface area contributed by atoms with Crippen LogP contribution < -0.4 is 5.32 Å². The Morgan fingerprint density at radius 3 is 2.71 bits per heavy atom. The topological polar surface area (TPSA) is 49.3 Å². The molecule has 3 aromatic rings. The van der Waals surface area contributed by atoms with E-state index in [2.05, 4.69) is 21.2 Å². The minimum atomic E-state index is -0.184. The molecular weight excluding hydrogens is 386 g/mol. The van der Waals surface area contributed by atoms with Gasteiger partial charge in [0.25, 0.3) is 0 Å². The van der Waals surface area contributed by atoms with E-state index in [1.54, 1.807) is 12.1 Å². The van der Waals surface area contributed by atoms with Gasteiger partial charge in [-0.1, -0.05) is 36.4 Å². The molecular formula is C19H14BrNO2S. The maximum Gasteiger partial charge on any atom is 0.175 e. The van der Waals surface area contributed by atoms with Gasteiger partial charge in [-0.3, -0.25) is 4.79 Å². The Labute approximate surface area is 152 Å². The number of rotatable bonds is 2. The van der Waals surface area contributed by atoms with E-state index in [4.69, 9.17) is 0 Å². The van der Waals surface area contributed by atoms with Crippen LogP contribution in [0, 0.1) is 0 Å². The molecule has 0 fully saturated rings. The minimum absolute atomic E-state index is 0.133. The number of anilines is 1. The van der Waals surface area contributed by atoms with Crippen LogP contribution in [0.15, 0.2) is 58.4 Å². The maximum atomic E-state index is 13.1. The molecule has 1 atom stereocenters. The zero-order valence-electron chi connectivity index (χ0n) is 12.6. The third-order valence-corrected chi connectivity index (χ3v) is 5.89. The lowest BCUT2D eigenvalue weighted by Crippen LogP contribution is -2.27. The van der Waals surface area contributed by atoms with Gasteiger partial charge in [0.15, 0.2) is 5.78 Å². The summed E-state index contributed by atoms with van der Waals surface area (Å²) in [6, 6.07) is 15.2. The Kier molecular flexibility index (Phi) is 3.90. The monoisotopic (exact) mass is 399 g/mol. The SMILES string of the molecule is O=C1c2c(-c3ccc(Br)c(O)c3)csc2NCC1c1ccccc1. The van der Waals surface area contributed by atoms with E-state index < -0.39 is 0 Å². The number of aromatic hydroxyl groups is 1. The van der Waals surface area contributed by atoms with Gasteiger partial charge in [-0.2, -0.15) is 0 Å². The number of carbonyl (C=O) groups is 1. The fraction of sp³-hybridized carbons (Fsp3) is 0.105. The number of nitrogens with one attached hydrogen (secondary N) is 1. The molecule has 0 amide bonds. The third kappa shape index (κ3) is 2.54. The zero-order valence-corrected chi connectivity index (χ0v) is 15.0. The van der Waals surface area contributed by atoms with E-state index in [1.165, 1.54) is 11.3 Å². The van der Waals surface area contributed by atoms with Crippen molar-refractivity contribution < 1.29 is 9.90 Å².